The molecule has 3 heterocycles. The van der Waals surface area contributed by atoms with Crippen molar-refractivity contribution in [2.45, 2.75) is 69.7 Å². The predicted molar refractivity (Wildman–Crippen MR) is 88.8 cm³/mol. The van der Waals surface area contributed by atoms with E-state index < -0.39 is 17.0 Å². The number of carbonyl (C=O) groups is 1. The van der Waals surface area contributed by atoms with Crippen molar-refractivity contribution in [2.24, 2.45) is 0 Å². The van der Waals surface area contributed by atoms with E-state index in [0.717, 1.165) is 19.0 Å². The molecule has 2 aliphatic rings. The number of rotatable bonds is 2. The lowest BCUT2D eigenvalue weighted by Gasteiger charge is -2.44. The van der Waals surface area contributed by atoms with Crippen molar-refractivity contribution < 1.29 is 23.8 Å². The van der Waals surface area contributed by atoms with Gasteiger partial charge in [0, 0.05) is 30.5 Å². The van der Waals surface area contributed by atoms with Crippen LogP contribution in [-0.4, -0.2) is 45.9 Å². The predicted octanol–water partition coefficient (Wildman–Crippen LogP) is 2.98. The highest BCUT2D eigenvalue weighted by Crippen LogP contribution is 2.48. The Kier molecular flexibility index (Phi) is 4.39. The quantitative estimate of drug-likeness (QED) is 0.886. The van der Waals surface area contributed by atoms with Crippen LogP contribution in [0.2, 0.25) is 0 Å². The number of ether oxygens (including phenoxy) is 2. The van der Waals surface area contributed by atoms with Gasteiger partial charge in [0.05, 0.1) is 18.9 Å². The van der Waals surface area contributed by atoms with Crippen LogP contribution in [0.4, 0.5) is 9.18 Å². The Morgan fingerprint density at radius 2 is 1.96 bits per heavy atom. The van der Waals surface area contributed by atoms with Crippen molar-refractivity contribution in [3.05, 3.63) is 23.6 Å². The van der Waals surface area contributed by atoms with E-state index in [0.29, 0.717) is 18.4 Å². The molecule has 1 N–H and O–H groups in total. The van der Waals surface area contributed by atoms with E-state index in [1.54, 1.807) is 4.90 Å². The van der Waals surface area contributed by atoms with Gasteiger partial charge < -0.3 is 19.5 Å². The average molecular weight is 352 g/mol. The molecular formula is C18H25FN2O4. The molecule has 0 spiro atoms. The number of hydrogen-bond donors (Lipinski definition) is 1. The number of aromatic nitrogens is 1. The summed E-state index contributed by atoms with van der Waals surface area (Å²) in [6.45, 7) is 5.49. The van der Waals surface area contributed by atoms with Crippen LogP contribution in [0.25, 0.3) is 0 Å². The van der Waals surface area contributed by atoms with Crippen molar-refractivity contribution in [1.82, 2.24) is 9.88 Å². The number of carbonyl (C=O) groups excluding carboxylic acids is 1. The summed E-state index contributed by atoms with van der Waals surface area (Å²) in [5, 5.41) is 11.2. The molecule has 3 rings (SSSR count). The van der Waals surface area contributed by atoms with E-state index in [4.69, 9.17) is 9.47 Å². The maximum absolute atomic E-state index is 13.7. The van der Waals surface area contributed by atoms with Gasteiger partial charge in [0.2, 0.25) is 5.88 Å². The summed E-state index contributed by atoms with van der Waals surface area (Å²) in [5.74, 6) is -0.305. The fourth-order valence-electron chi connectivity index (χ4n) is 3.98. The first-order chi connectivity index (χ1) is 11.6. The van der Waals surface area contributed by atoms with Crippen molar-refractivity contribution in [2.75, 3.05) is 7.11 Å². The van der Waals surface area contributed by atoms with Gasteiger partial charge in [-0.05, 0) is 39.7 Å². The minimum Gasteiger partial charge on any atom is -0.481 e. The van der Waals surface area contributed by atoms with Crippen molar-refractivity contribution >= 4 is 6.09 Å². The van der Waals surface area contributed by atoms with Crippen LogP contribution in [0.15, 0.2) is 12.3 Å². The zero-order valence-electron chi connectivity index (χ0n) is 15.1. The van der Waals surface area contributed by atoms with Crippen LogP contribution >= 0.6 is 0 Å². The smallest absolute Gasteiger partial charge is 0.410 e. The lowest BCUT2D eigenvalue weighted by atomic mass is 9.81. The van der Waals surface area contributed by atoms with Crippen LogP contribution < -0.4 is 4.74 Å². The Morgan fingerprint density at radius 1 is 1.36 bits per heavy atom. The summed E-state index contributed by atoms with van der Waals surface area (Å²) < 4.78 is 24.4. The topological polar surface area (TPSA) is 71.9 Å². The molecule has 1 amide bonds. The molecule has 2 bridgehead atoms. The van der Waals surface area contributed by atoms with Crippen LogP contribution in [0, 0.1) is 5.82 Å². The molecule has 6 nitrogen and oxygen atoms in total. The molecule has 25 heavy (non-hydrogen) atoms. The molecule has 138 valence electrons. The van der Waals surface area contributed by atoms with Crippen molar-refractivity contribution in [3.8, 4) is 5.88 Å². The highest BCUT2D eigenvalue weighted by Gasteiger charge is 2.52. The van der Waals surface area contributed by atoms with E-state index >= 15 is 0 Å². The number of nitrogens with zero attached hydrogens (tertiary/aromatic N) is 2. The van der Waals surface area contributed by atoms with Gasteiger partial charge in [-0.15, -0.1) is 0 Å². The van der Waals surface area contributed by atoms with Gasteiger partial charge in [0.1, 0.15) is 11.4 Å². The Balaban J connectivity index is 1.86. The third-order valence-corrected chi connectivity index (χ3v) is 4.88. The number of piperidine rings is 1. The first-order valence-electron chi connectivity index (χ1n) is 8.57. The molecule has 7 heteroatoms. The van der Waals surface area contributed by atoms with E-state index in [2.05, 4.69) is 4.98 Å². The fourth-order valence-corrected chi connectivity index (χ4v) is 3.98. The van der Waals surface area contributed by atoms with Crippen LogP contribution in [-0.2, 0) is 10.3 Å². The Labute approximate surface area is 146 Å². The lowest BCUT2D eigenvalue weighted by molar-refractivity contribution is -0.0637. The maximum Gasteiger partial charge on any atom is 0.410 e. The molecule has 2 saturated heterocycles. The molecule has 2 unspecified atom stereocenters. The van der Waals surface area contributed by atoms with Gasteiger partial charge in [-0.1, -0.05) is 0 Å². The van der Waals surface area contributed by atoms with Crippen molar-refractivity contribution in [3.63, 3.8) is 0 Å². The van der Waals surface area contributed by atoms with Gasteiger partial charge in [0.25, 0.3) is 0 Å². The summed E-state index contributed by atoms with van der Waals surface area (Å²) in [6.07, 6.45) is 2.91. The summed E-state index contributed by atoms with van der Waals surface area (Å²) in [4.78, 5) is 18.2. The SMILES string of the molecule is COc1ncc(F)cc1C1(O)CC2CCC(C1)N2C(=O)OC(C)(C)C. The Hall–Kier alpha value is -1.89. The largest absolute Gasteiger partial charge is 0.481 e. The second-order valence-corrected chi connectivity index (χ2v) is 7.92. The van der Waals surface area contributed by atoms with Crippen LogP contribution in [0.5, 0.6) is 5.88 Å². The van der Waals surface area contributed by atoms with E-state index in [-0.39, 0.29) is 24.1 Å². The Morgan fingerprint density at radius 3 is 2.48 bits per heavy atom. The molecule has 0 radical (unpaired) electrons. The highest BCUT2D eigenvalue weighted by molar-refractivity contribution is 5.70. The van der Waals surface area contributed by atoms with Gasteiger partial charge in [-0.3, -0.25) is 0 Å². The minimum atomic E-state index is -1.27. The Bertz CT molecular complexity index is 660. The standard InChI is InChI=1S/C18H25FN2O4/c1-17(2,3)25-16(22)21-12-5-6-13(21)9-18(23,8-12)14-7-11(19)10-20-15(14)24-4/h7,10,12-13,23H,5-6,8-9H2,1-4H3. The number of halogens is 1. The van der Waals surface area contributed by atoms with Crippen molar-refractivity contribution in [1.29, 1.82) is 0 Å². The first-order valence-corrected chi connectivity index (χ1v) is 8.57. The number of amides is 1. The molecule has 2 atom stereocenters. The third-order valence-electron chi connectivity index (χ3n) is 4.88. The lowest BCUT2D eigenvalue weighted by Crippen LogP contribution is -2.53. The number of hydrogen-bond acceptors (Lipinski definition) is 5. The highest BCUT2D eigenvalue weighted by atomic mass is 19.1. The monoisotopic (exact) mass is 352 g/mol. The van der Waals surface area contributed by atoms with E-state index in [9.17, 15) is 14.3 Å². The second kappa shape index (κ2) is 6.12. The molecule has 1 aromatic heterocycles. The molecule has 2 aliphatic heterocycles. The summed E-state index contributed by atoms with van der Waals surface area (Å²) in [7, 11) is 1.44. The molecule has 0 saturated carbocycles. The molecule has 1 aromatic rings. The second-order valence-electron chi connectivity index (χ2n) is 7.92. The van der Waals surface area contributed by atoms with E-state index in [1.807, 2.05) is 20.8 Å². The number of fused-ring (bicyclic) bond motifs is 2. The normalized spacial score (nSPS) is 28.8. The third kappa shape index (κ3) is 3.42. The number of pyridine rings is 1. The fraction of sp³-hybridized carbons (Fsp3) is 0.667. The number of methoxy groups -OCH3 is 1. The van der Waals surface area contributed by atoms with Gasteiger partial charge >= 0.3 is 6.09 Å². The average Bonchev–Trinajstić information content (AvgIpc) is 2.78. The molecule has 0 aliphatic carbocycles. The molecule has 0 aromatic carbocycles. The van der Waals surface area contributed by atoms with Gasteiger partial charge in [0.15, 0.2) is 0 Å². The zero-order chi connectivity index (χ0) is 18.4. The zero-order valence-corrected chi connectivity index (χ0v) is 15.1. The summed E-state index contributed by atoms with van der Waals surface area (Å²) in [6, 6.07) is 0.979. The molecule has 2 fully saturated rings. The summed E-state index contributed by atoms with van der Waals surface area (Å²) >= 11 is 0. The minimum absolute atomic E-state index is 0.147. The maximum atomic E-state index is 13.7. The molecular weight excluding hydrogens is 327 g/mol. The van der Waals surface area contributed by atoms with Crippen LogP contribution in [0.3, 0.4) is 0 Å². The van der Waals surface area contributed by atoms with E-state index in [1.165, 1.54) is 13.2 Å². The van der Waals surface area contributed by atoms with Crippen LogP contribution in [0.1, 0.15) is 52.0 Å². The van der Waals surface area contributed by atoms with Gasteiger partial charge in [-0.2, -0.15) is 0 Å². The summed E-state index contributed by atoms with van der Waals surface area (Å²) in [5.41, 5.74) is -1.50. The van der Waals surface area contributed by atoms with Gasteiger partial charge in [-0.25, -0.2) is 14.2 Å². The first kappa shape index (κ1) is 17.9. The number of aliphatic hydroxyl groups is 1.